The number of nitrogens with zero attached hydrogens (tertiary/aromatic N) is 1. The lowest BCUT2D eigenvalue weighted by atomic mass is 9.91. The van der Waals surface area contributed by atoms with E-state index in [1.165, 1.54) is 71.1 Å². The SMILES string of the molecule is CCCNCC(CCC)N1CCC(CCC)CC1. The molecule has 0 saturated carbocycles. The highest BCUT2D eigenvalue weighted by atomic mass is 15.2. The molecule has 1 saturated heterocycles. The normalized spacial score (nSPS) is 20.2. The van der Waals surface area contributed by atoms with E-state index < -0.39 is 0 Å². The van der Waals surface area contributed by atoms with Crippen LogP contribution in [0.5, 0.6) is 0 Å². The molecule has 0 bridgehead atoms. The summed E-state index contributed by atoms with van der Waals surface area (Å²) in [6.07, 6.45) is 9.59. The van der Waals surface area contributed by atoms with Gasteiger partial charge in [-0.1, -0.05) is 40.0 Å². The van der Waals surface area contributed by atoms with E-state index in [2.05, 4.69) is 31.0 Å². The summed E-state index contributed by atoms with van der Waals surface area (Å²) in [7, 11) is 0. The third-order valence-electron chi connectivity index (χ3n) is 4.29. The number of hydrogen-bond donors (Lipinski definition) is 1. The third kappa shape index (κ3) is 5.71. The second kappa shape index (κ2) is 9.80. The van der Waals surface area contributed by atoms with E-state index in [0.29, 0.717) is 0 Å². The Kier molecular flexibility index (Phi) is 8.70. The molecule has 18 heavy (non-hydrogen) atoms. The maximum atomic E-state index is 3.61. The van der Waals surface area contributed by atoms with Crippen molar-refractivity contribution in [3.63, 3.8) is 0 Å². The van der Waals surface area contributed by atoms with Gasteiger partial charge in [0.2, 0.25) is 0 Å². The van der Waals surface area contributed by atoms with Gasteiger partial charge in [0.15, 0.2) is 0 Å². The van der Waals surface area contributed by atoms with Crippen LogP contribution < -0.4 is 5.32 Å². The number of hydrogen-bond acceptors (Lipinski definition) is 2. The van der Waals surface area contributed by atoms with Crippen molar-refractivity contribution in [2.24, 2.45) is 5.92 Å². The second-order valence-corrected chi connectivity index (χ2v) is 5.91. The Morgan fingerprint density at radius 2 is 1.78 bits per heavy atom. The van der Waals surface area contributed by atoms with Crippen molar-refractivity contribution in [1.29, 1.82) is 0 Å². The molecule has 1 atom stereocenters. The van der Waals surface area contributed by atoms with Crippen LogP contribution in [-0.4, -0.2) is 37.1 Å². The largest absolute Gasteiger partial charge is 0.315 e. The van der Waals surface area contributed by atoms with Gasteiger partial charge < -0.3 is 5.32 Å². The van der Waals surface area contributed by atoms with Crippen molar-refractivity contribution in [1.82, 2.24) is 10.2 Å². The first-order valence-electron chi connectivity index (χ1n) is 8.26. The van der Waals surface area contributed by atoms with Crippen LogP contribution in [0.4, 0.5) is 0 Å². The van der Waals surface area contributed by atoms with Crippen LogP contribution >= 0.6 is 0 Å². The summed E-state index contributed by atoms with van der Waals surface area (Å²) in [5, 5.41) is 3.61. The van der Waals surface area contributed by atoms with Gasteiger partial charge in [-0.2, -0.15) is 0 Å². The molecule has 0 aromatic carbocycles. The van der Waals surface area contributed by atoms with Gasteiger partial charge in [0.05, 0.1) is 0 Å². The van der Waals surface area contributed by atoms with Gasteiger partial charge in [-0.15, -0.1) is 0 Å². The van der Waals surface area contributed by atoms with Crippen LogP contribution in [0.25, 0.3) is 0 Å². The maximum Gasteiger partial charge on any atom is 0.0220 e. The third-order valence-corrected chi connectivity index (χ3v) is 4.29. The van der Waals surface area contributed by atoms with Crippen molar-refractivity contribution < 1.29 is 0 Å². The minimum absolute atomic E-state index is 0.782. The van der Waals surface area contributed by atoms with Gasteiger partial charge in [-0.05, 0) is 51.2 Å². The molecule has 0 spiro atoms. The average molecular weight is 254 g/mol. The van der Waals surface area contributed by atoms with Gasteiger partial charge >= 0.3 is 0 Å². The van der Waals surface area contributed by atoms with Gasteiger partial charge in [-0.25, -0.2) is 0 Å². The molecule has 108 valence electrons. The summed E-state index contributed by atoms with van der Waals surface area (Å²) < 4.78 is 0. The number of likely N-dealkylation sites (tertiary alicyclic amines) is 1. The molecule has 1 heterocycles. The predicted octanol–water partition coefficient (Wildman–Crippen LogP) is 3.67. The fourth-order valence-corrected chi connectivity index (χ4v) is 3.21. The Labute approximate surface area is 115 Å². The number of rotatable bonds is 9. The quantitative estimate of drug-likeness (QED) is 0.632. The van der Waals surface area contributed by atoms with Crippen LogP contribution in [0, 0.1) is 5.92 Å². The van der Waals surface area contributed by atoms with E-state index in [1.807, 2.05) is 0 Å². The Balaban J connectivity index is 2.30. The standard InChI is InChI=1S/C16H34N2/c1-4-7-15-9-12-18(13-10-15)16(8-5-2)14-17-11-6-3/h15-17H,4-14H2,1-3H3. The van der Waals surface area contributed by atoms with E-state index in [-0.39, 0.29) is 0 Å². The lowest BCUT2D eigenvalue weighted by Crippen LogP contribution is -2.46. The lowest BCUT2D eigenvalue weighted by Gasteiger charge is -2.38. The molecule has 1 fully saturated rings. The average Bonchev–Trinajstić information content (AvgIpc) is 2.39. The monoisotopic (exact) mass is 254 g/mol. The first-order chi connectivity index (χ1) is 8.81. The number of nitrogens with one attached hydrogen (secondary N) is 1. The van der Waals surface area contributed by atoms with Crippen LogP contribution in [0.3, 0.4) is 0 Å². The molecule has 1 aliphatic heterocycles. The lowest BCUT2D eigenvalue weighted by molar-refractivity contribution is 0.120. The van der Waals surface area contributed by atoms with Crippen LogP contribution in [-0.2, 0) is 0 Å². The van der Waals surface area contributed by atoms with Crippen LogP contribution in [0.15, 0.2) is 0 Å². The Hall–Kier alpha value is -0.0800. The van der Waals surface area contributed by atoms with E-state index in [0.717, 1.165) is 12.0 Å². The zero-order valence-electron chi connectivity index (χ0n) is 12.9. The molecule has 1 unspecified atom stereocenters. The summed E-state index contributed by atoms with van der Waals surface area (Å²) in [6, 6.07) is 0.782. The fraction of sp³-hybridized carbons (Fsp3) is 1.00. The zero-order chi connectivity index (χ0) is 13.2. The van der Waals surface area contributed by atoms with Crippen LogP contribution in [0.2, 0.25) is 0 Å². The molecule has 0 aliphatic carbocycles. The summed E-state index contributed by atoms with van der Waals surface area (Å²) in [6.45, 7) is 11.9. The molecule has 0 amide bonds. The number of piperidine rings is 1. The van der Waals surface area contributed by atoms with Gasteiger partial charge in [0, 0.05) is 12.6 Å². The van der Waals surface area contributed by atoms with Crippen molar-refractivity contribution in [3.8, 4) is 0 Å². The minimum Gasteiger partial charge on any atom is -0.315 e. The van der Waals surface area contributed by atoms with E-state index in [9.17, 15) is 0 Å². The smallest absolute Gasteiger partial charge is 0.0220 e. The van der Waals surface area contributed by atoms with Crippen molar-refractivity contribution in [3.05, 3.63) is 0 Å². The first-order valence-corrected chi connectivity index (χ1v) is 8.26. The predicted molar refractivity (Wildman–Crippen MR) is 81.1 cm³/mol. The highest BCUT2D eigenvalue weighted by Gasteiger charge is 2.23. The van der Waals surface area contributed by atoms with Gasteiger partial charge in [0.25, 0.3) is 0 Å². The summed E-state index contributed by atoms with van der Waals surface area (Å²) in [5.41, 5.74) is 0. The molecule has 0 aromatic rings. The topological polar surface area (TPSA) is 15.3 Å². The van der Waals surface area contributed by atoms with Crippen LogP contribution in [0.1, 0.15) is 65.7 Å². The summed E-state index contributed by atoms with van der Waals surface area (Å²) in [5.74, 6) is 1.01. The van der Waals surface area contributed by atoms with Crippen molar-refractivity contribution in [2.45, 2.75) is 71.8 Å². The Morgan fingerprint density at radius 3 is 2.33 bits per heavy atom. The summed E-state index contributed by atoms with van der Waals surface area (Å²) >= 11 is 0. The molecular formula is C16H34N2. The molecule has 2 heteroatoms. The first kappa shape index (κ1) is 16.0. The van der Waals surface area contributed by atoms with Crippen molar-refractivity contribution in [2.75, 3.05) is 26.2 Å². The molecular weight excluding hydrogens is 220 g/mol. The molecule has 1 rings (SSSR count). The van der Waals surface area contributed by atoms with Gasteiger partial charge in [-0.3, -0.25) is 4.90 Å². The molecule has 0 radical (unpaired) electrons. The van der Waals surface area contributed by atoms with E-state index in [1.54, 1.807) is 0 Å². The maximum absolute atomic E-state index is 3.61. The molecule has 1 N–H and O–H groups in total. The Morgan fingerprint density at radius 1 is 1.06 bits per heavy atom. The van der Waals surface area contributed by atoms with E-state index >= 15 is 0 Å². The minimum atomic E-state index is 0.782. The molecule has 2 nitrogen and oxygen atoms in total. The van der Waals surface area contributed by atoms with E-state index in [4.69, 9.17) is 0 Å². The van der Waals surface area contributed by atoms with Crippen molar-refractivity contribution >= 4 is 0 Å². The second-order valence-electron chi connectivity index (χ2n) is 5.91. The van der Waals surface area contributed by atoms with Gasteiger partial charge in [0.1, 0.15) is 0 Å². The Bertz CT molecular complexity index is 186. The highest BCUT2D eigenvalue weighted by molar-refractivity contribution is 4.79. The highest BCUT2D eigenvalue weighted by Crippen LogP contribution is 2.23. The summed E-state index contributed by atoms with van der Waals surface area (Å²) in [4.78, 5) is 2.75. The fourth-order valence-electron chi connectivity index (χ4n) is 3.21. The zero-order valence-corrected chi connectivity index (χ0v) is 12.9. The molecule has 1 aliphatic rings. The molecule has 0 aromatic heterocycles.